The first kappa shape index (κ1) is 16.4. The van der Waals surface area contributed by atoms with E-state index in [1.807, 2.05) is 48.3 Å². The molecule has 0 saturated carbocycles. The van der Waals surface area contributed by atoms with E-state index in [4.69, 9.17) is 8.83 Å². The first-order chi connectivity index (χ1) is 12.7. The topological polar surface area (TPSA) is 59.5 Å². The van der Waals surface area contributed by atoms with Crippen LogP contribution < -0.4 is 4.90 Å². The van der Waals surface area contributed by atoms with Gasteiger partial charge in [0.25, 0.3) is 0 Å². The molecule has 4 aromatic rings. The molecule has 4 rings (SSSR count). The van der Waals surface area contributed by atoms with Crippen LogP contribution in [0.2, 0.25) is 0 Å². The lowest BCUT2D eigenvalue weighted by molar-refractivity contribution is 0.104. The van der Waals surface area contributed by atoms with Gasteiger partial charge in [-0.3, -0.25) is 4.79 Å². The summed E-state index contributed by atoms with van der Waals surface area (Å²) < 4.78 is 10.9. The molecular formula is C20H16N2O3S. The lowest BCUT2D eigenvalue weighted by Gasteiger charge is -2.13. The van der Waals surface area contributed by atoms with Gasteiger partial charge in [0, 0.05) is 12.6 Å². The van der Waals surface area contributed by atoms with Crippen molar-refractivity contribution in [1.29, 1.82) is 0 Å². The van der Waals surface area contributed by atoms with Crippen LogP contribution in [0.3, 0.4) is 0 Å². The van der Waals surface area contributed by atoms with Crippen LogP contribution >= 0.6 is 11.3 Å². The second-order valence-electron chi connectivity index (χ2n) is 5.78. The van der Waals surface area contributed by atoms with Gasteiger partial charge in [0.2, 0.25) is 5.78 Å². The molecule has 5 nitrogen and oxygen atoms in total. The highest BCUT2D eigenvalue weighted by molar-refractivity contribution is 7.18. The molecule has 0 fully saturated rings. The zero-order chi connectivity index (χ0) is 17.9. The molecule has 0 saturated heterocycles. The van der Waals surface area contributed by atoms with E-state index in [9.17, 15) is 4.79 Å². The molecule has 0 aliphatic carbocycles. The van der Waals surface area contributed by atoms with Crippen LogP contribution in [0.1, 0.15) is 21.0 Å². The van der Waals surface area contributed by atoms with Crippen molar-refractivity contribution in [1.82, 2.24) is 4.98 Å². The summed E-state index contributed by atoms with van der Waals surface area (Å²) in [4.78, 5) is 20.2. The van der Waals surface area contributed by atoms with E-state index < -0.39 is 0 Å². The number of furan rings is 2. The predicted molar refractivity (Wildman–Crippen MR) is 101 cm³/mol. The van der Waals surface area contributed by atoms with Crippen LogP contribution in [-0.4, -0.2) is 17.8 Å². The smallest absolute Gasteiger partial charge is 0.205 e. The third-order valence-electron chi connectivity index (χ3n) is 3.91. The fourth-order valence-corrected chi connectivity index (χ4v) is 3.62. The van der Waals surface area contributed by atoms with Gasteiger partial charge in [-0.25, -0.2) is 4.98 Å². The summed E-state index contributed by atoms with van der Waals surface area (Å²) in [5.74, 6) is 1.35. The van der Waals surface area contributed by atoms with Crippen molar-refractivity contribution < 1.29 is 13.6 Å². The van der Waals surface area contributed by atoms with E-state index in [0.717, 1.165) is 10.9 Å². The van der Waals surface area contributed by atoms with E-state index in [0.29, 0.717) is 28.4 Å². The van der Waals surface area contributed by atoms with Crippen molar-refractivity contribution in [3.8, 4) is 11.5 Å². The van der Waals surface area contributed by atoms with Crippen molar-refractivity contribution in [2.45, 2.75) is 6.54 Å². The van der Waals surface area contributed by atoms with Gasteiger partial charge in [-0.05, 0) is 24.3 Å². The number of ketones is 1. The Morgan fingerprint density at radius 2 is 1.81 bits per heavy atom. The Bertz CT molecular complexity index is 989. The molecule has 0 atom stereocenters. The number of rotatable bonds is 6. The Morgan fingerprint density at radius 1 is 1.04 bits per heavy atom. The van der Waals surface area contributed by atoms with E-state index in [-0.39, 0.29) is 5.78 Å². The minimum Gasteiger partial charge on any atom is -0.467 e. The van der Waals surface area contributed by atoms with Crippen molar-refractivity contribution in [2.24, 2.45) is 0 Å². The molecule has 6 heteroatoms. The molecule has 0 N–H and O–H groups in total. The maximum Gasteiger partial charge on any atom is 0.205 e. The van der Waals surface area contributed by atoms with Gasteiger partial charge in [0.05, 0.1) is 19.1 Å². The average Bonchev–Trinajstić information content (AvgIpc) is 3.42. The number of nitrogens with zero attached hydrogens (tertiary/aromatic N) is 2. The molecule has 0 radical (unpaired) electrons. The fraction of sp³-hybridized carbons (Fsp3) is 0.100. The predicted octanol–water partition coefficient (Wildman–Crippen LogP) is 4.86. The molecule has 26 heavy (non-hydrogen) atoms. The third-order valence-corrected chi connectivity index (χ3v) is 5.08. The van der Waals surface area contributed by atoms with E-state index >= 15 is 0 Å². The summed E-state index contributed by atoms with van der Waals surface area (Å²) in [5.41, 5.74) is 1.19. The molecule has 3 aromatic heterocycles. The molecule has 130 valence electrons. The second-order valence-corrected chi connectivity index (χ2v) is 6.76. The molecule has 3 heterocycles. The van der Waals surface area contributed by atoms with E-state index in [1.165, 1.54) is 11.3 Å². The highest BCUT2D eigenvalue weighted by Gasteiger charge is 2.24. The third kappa shape index (κ3) is 3.19. The molecule has 0 bridgehead atoms. The molecule has 0 aliphatic heterocycles. The quantitative estimate of drug-likeness (QED) is 0.457. The summed E-state index contributed by atoms with van der Waals surface area (Å²) in [6.45, 7) is 0.567. The zero-order valence-corrected chi connectivity index (χ0v) is 14.9. The Balaban J connectivity index is 1.72. The van der Waals surface area contributed by atoms with Crippen molar-refractivity contribution in [3.05, 3.63) is 83.3 Å². The van der Waals surface area contributed by atoms with E-state index in [2.05, 4.69) is 4.98 Å². The number of hydrogen-bond donors (Lipinski definition) is 0. The number of benzene rings is 1. The highest BCUT2D eigenvalue weighted by atomic mass is 32.1. The van der Waals surface area contributed by atoms with Crippen LogP contribution in [0.25, 0.3) is 11.5 Å². The SMILES string of the molecule is CN(Cc1ccco1)c1nc(-c2ccco2)c(C(=O)c2ccccc2)s1. The van der Waals surface area contributed by atoms with Gasteiger partial charge >= 0.3 is 0 Å². The Morgan fingerprint density at radius 3 is 2.50 bits per heavy atom. The maximum absolute atomic E-state index is 13.0. The number of anilines is 1. The molecule has 0 spiro atoms. The van der Waals surface area contributed by atoms with Gasteiger partial charge < -0.3 is 13.7 Å². The fourth-order valence-electron chi connectivity index (χ4n) is 2.63. The summed E-state index contributed by atoms with van der Waals surface area (Å²) in [5, 5.41) is 0.729. The highest BCUT2D eigenvalue weighted by Crippen LogP contribution is 2.35. The summed E-state index contributed by atoms with van der Waals surface area (Å²) in [7, 11) is 1.92. The average molecular weight is 364 g/mol. The van der Waals surface area contributed by atoms with Crippen LogP contribution in [0, 0.1) is 0 Å². The Hall–Kier alpha value is -3.12. The summed E-state index contributed by atoms with van der Waals surface area (Å²) >= 11 is 1.35. The number of hydrogen-bond acceptors (Lipinski definition) is 6. The van der Waals surface area contributed by atoms with Crippen LogP contribution in [0.5, 0.6) is 0 Å². The van der Waals surface area contributed by atoms with Gasteiger partial charge in [-0.2, -0.15) is 0 Å². The first-order valence-corrected chi connectivity index (χ1v) is 8.92. The lowest BCUT2D eigenvalue weighted by atomic mass is 10.1. The van der Waals surface area contributed by atoms with Crippen LogP contribution in [-0.2, 0) is 6.54 Å². The zero-order valence-electron chi connectivity index (χ0n) is 14.1. The first-order valence-electron chi connectivity index (χ1n) is 8.10. The normalized spacial score (nSPS) is 10.8. The summed E-state index contributed by atoms with van der Waals surface area (Å²) in [6.07, 6.45) is 3.22. The number of carbonyl (C=O) groups excluding carboxylic acids is 1. The lowest BCUT2D eigenvalue weighted by Crippen LogP contribution is -2.15. The number of aromatic nitrogens is 1. The Labute approximate surface area is 154 Å². The van der Waals surface area contributed by atoms with E-state index in [1.54, 1.807) is 30.7 Å². The van der Waals surface area contributed by atoms with Crippen molar-refractivity contribution in [2.75, 3.05) is 11.9 Å². The van der Waals surface area contributed by atoms with Crippen LogP contribution in [0.4, 0.5) is 5.13 Å². The van der Waals surface area contributed by atoms with Crippen molar-refractivity contribution >= 4 is 22.3 Å². The van der Waals surface area contributed by atoms with Gasteiger partial charge in [0.15, 0.2) is 10.9 Å². The number of thiazole rings is 1. The second kappa shape index (κ2) is 7.01. The van der Waals surface area contributed by atoms with Gasteiger partial charge in [-0.1, -0.05) is 41.7 Å². The Kier molecular flexibility index (Phi) is 4.41. The van der Waals surface area contributed by atoms with Gasteiger partial charge in [0.1, 0.15) is 16.3 Å². The standard InChI is InChI=1S/C20H16N2O3S/c1-22(13-15-9-5-11-24-15)20-21-17(16-10-6-12-25-16)19(26-20)18(23)14-7-3-2-4-8-14/h2-12H,13H2,1H3. The monoisotopic (exact) mass is 364 g/mol. The molecular weight excluding hydrogens is 348 g/mol. The largest absolute Gasteiger partial charge is 0.467 e. The number of carbonyl (C=O) groups is 1. The van der Waals surface area contributed by atoms with Crippen LogP contribution in [0.15, 0.2) is 76.0 Å². The van der Waals surface area contributed by atoms with Gasteiger partial charge in [-0.15, -0.1) is 0 Å². The molecule has 0 amide bonds. The molecule has 0 unspecified atom stereocenters. The van der Waals surface area contributed by atoms with Crippen molar-refractivity contribution in [3.63, 3.8) is 0 Å². The minimum absolute atomic E-state index is 0.0628. The molecule has 0 aliphatic rings. The molecule has 1 aromatic carbocycles. The summed E-state index contributed by atoms with van der Waals surface area (Å²) in [6, 6.07) is 16.6. The maximum atomic E-state index is 13.0. The minimum atomic E-state index is -0.0628.